The predicted octanol–water partition coefficient (Wildman–Crippen LogP) is 3.92. The van der Waals surface area contributed by atoms with Crippen molar-refractivity contribution in [1.82, 2.24) is 5.32 Å². The largest absolute Gasteiger partial charge is 0.310 e. The quantitative estimate of drug-likeness (QED) is 0.658. The lowest BCUT2D eigenvalue weighted by Crippen LogP contribution is -2.31. The number of nitro benzene ring substituents is 1. The molecule has 0 amide bonds. The minimum Gasteiger partial charge on any atom is -0.310 e. The van der Waals surface area contributed by atoms with Gasteiger partial charge in [-0.1, -0.05) is 24.4 Å². The number of nitro groups is 1. The number of halogens is 1. The number of benzene rings is 1. The van der Waals surface area contributed by atoms with Gasteiger partial charge in [0.05, 0.1) is 4.92 Å². The summed E-state index contributed by atoms with van der Waals surface area (Å²) in [5.74, 6) is 0.700. The maximum atomic E-state index is 11.0. The molecule has 5 heteroatoms. The zero-order valence-electron chi connectivity index (χ0n) is 11.1. The molecular weight excluding hydrogens is 264 g/mol. The SMILES string of the molecule is CC(NCc1ccc(Cl)cc1[N+](=O)[O-])C1CCCC1. The van der Waals surface area contributed by atoms with E-state index in [1.807, 2.05) is 0 Å². The molecule has 0 radical (unpaired) electrons. The molecule has 1 unspecified atom stereocenters. The Labute approximate surface area is 118 Å². The fraction of sp³-hybridized carbons (Fsp3) is 0.571. The fourth-order valence-corrected chi connectivity index (χ4v) is 2.92. The van der Waals surface area contributed by atoms with E-state index in [1.54, 1.807) is 12.1 Å². The molecule has 104 valence electrons. The van der Waals surface area contributed by atoms with Crippen LogP contribution in [0.2, 0.25) is 5.02 Å². The Morgan fingerprint density at radius 2 is 2.16 bits per heavy atom. The minimum atomic E-state index is -0.372. The van der Waals surface area contributed by atoms with Gasteiger partial charge in [-0.05, 0) is 37.8 Å². The Morgan fingerprint density at radius 1 is 1.47 bits per heavy atom. The van der Waals surface area contributed by atoms with Gasteiger partial charge in [-0.3, -0.25) is 10.1 Å². The van der Waals surface area contributed by atoms with Crippen LogP contribution in [0, 0.1) is 16.0 Å². The van der Waals surface area contributed by atoms with Gasteiger partial charge >= 0.3 is 0 Å². The van der Waals surface area contributed by atoms with Gasteiger partial charge in [0.1, 0.15) is 0 Å². The van der Waals surface area contributed by atoms with Gasteiger partial charge in [0.2, 0.25) is 0 Å². The van der Waals surface area contributed by atoms with Crippen molar-refractivity contribution in [3.63, 3.8) is 0 Å². The van der Waals surface area contributed by atoms with Gasteiger partial charge in [0, 0.05) is 29.2 Å². The maximum Gasteiger partial charge on any atom is 0.275 e. The summed E-state index contributed by atoms with van der Waals surface area (Å²) < 4.78 is 0. The van der Waals surface area contributed by atoms with Crippen LogP contribution in [0.15, 0.2) is 18.2 Å². The summed E-state index contributed by atoms with van der Waals surface area (Å²) >= 11 is 5.80. The molecule has 0 aromatic heterocycles. The van der Waals surface area contributed by atoms with E-state index < -0.39 is 0 Å². The first kappa shape index (κ1) is 14.3. The molecule has 1 aromatic rings. The first-order chi connectivity index (χ1) is 9.08. The molecule has 2 rings (SSSR count). The highest BCUT2D eigenvalue weighted by atomic mass is 35.5. The second kappa shape index (κ2) is 6.35. The Kier molecular flexibility index (Phi) is 4.77. The molecule has 0 spiro atoms. The number of hydrogen-bond acceptors (Lipinski definition) is 3. The number of rotatable bonds is 5. The van der Waals surface area contributed by atoms with Crippen LogP contribution in [0.1, 0.15) is 38.2 Å². The third kappa shape index (κ3) is 3.67. The monoisotopic (exact) mass is 282 g/mol. The Bertz CT molecular complexity index is 459. The molecular formula is C14H19ClN2O2. The van der Waals surface area contributed by atoms with E-state index in [-0.39, 0.29) is 10.6 Å². The number of nitrogens with one attached hydrogen (secondary N) is 1. The van der Waals surface area contributed by atoms with Crippen molar-refractivity contribution in [1.29, 1.82) is 0 Å². The molecule has 1 aromatic carbocycles. The summed E-state index contributed by atoms with van der Waals surface area (Å²) in [6.45, 7) is 2.68. The first-order valence-electron chi connectivity index (χ1n) is 6.74. The van der Waals surface area contributed by atoms with Crippen molar-refractivity contribution >= 4 is 17.3 Å². The predicted molar refractivity (Wildman–Crippen MR) is 76.4 cm³/mol. The molecule has 0 saturated heterocycles. The van der Waals surface area contributed by atoms with Gasteiger partial charge in [-0.2, -0.15) is 0 Å². The Balaban J connectivity index is 2.00. The van der Waals surface area contributed by atoms with E-state index in [0.29, 0.717) is 29.1 Å². The summed E-state index contributed by atoms with van der Waals surface area (Å²) in [5, 5.41) is 14.8. The van der Waals surface area contributed by atoms with Crippen molar-refractivity contribution in [2.45, 2.75) is 45.2 Å². The molecule has 0 aliphatic heterocycles. The summed E-state index contributed by atoms with van der Waals surface area (Å²) in [6.07, 6.45) is 5.13. The van der Waals surface area contributed by atoms with Gasteiger partial charge in [-0.15, -0.1) is 0 Å². The average molecular weight is 283 g/mol. The molecule has 0 heterocycles. The van der Waals surface area contributed by atoms with Crippen molar-refractivity contribution in [2.75, 3.05) is 0 Å². The van der Waals surface area contributed by atoms with Crippen LogP contribution in [-0.2, 0) is 6.54 Å². The molecule has 1 saturated carbocycles. The van der Waals surface area contributed by atoms with Gasteiger partial charge < -0.3 is 5.32 Å². The Morgan fingerprint density at radius 3 is 2.79 bits per heavy atom. The van der Waals surface area contributed by atoms with E-state index in [1.165, 1.54) is 31.7 Å². The van der Waals surface area contributed by atoms with Gasteiger partial charge in [-0.25, -0.2) is 0 Å². The van der Waals surface area contributed by atoms with Crippen molar-refractivity contribution in [3.05, 3.63) is 38.9 Å². The van der Waals surface area contributed by atoms with Crippen molar-refractivity contribution < 1.29 is 4.92 Å². The zero-order chi connectivity index (χ0) is 13.8. The molecule has 1 aliphatic rings. The molecule has 19 heavy (non-hydrogen) atoms. The zero-order valence-corrected chi connectivity index (χ0v) is 11.8. The van der Waals surface area contributed by atoms with E-state index in [9.17, 15) is 10.1 Å². The normalized spacial score (nSPS) is 17.6. The highest BCUT2D eigenvalue weighted by Gasteiger charge is 2.22. The highest BCUT2D eigenvalue weighted by molar-refractivity contribution is 6.30. The van der Waals surface area contributed by atoms with E-state index >= 15 is 0 Å². The molecule has 0 bridgehead atoms. The minimum absolute atomic E-state index is 0.0959. The first-order valence-corrected chi connectivity index (χ1v) is 7.12. The smallest absolute Gasteiger partial charge is 0.275 e. The van der Waals surface area contributed by atoms with Crippen molar-refractivity contribution in [3.8, 4) is 0 Å². The number of nitrogens with zero attached hydrogens (tertiary/aromatic N) is 1. The van der Waals surface area contributed by atoms with Crippen LogP contribution in [0.25, 0.3) is 0 Å². The highest BCUT2D eigenvalue weighted by Crippen LogP contribution is 2.28. The topological polar surface area (TPSA) is 55.2 Å². The Hall–Kier alpha value is -1.13. The number of hydrogen-bond donors (Lipinski definition) is 1. The summed E-state index contributed by atoms with van der Waals surface area (Å²) in [4.78, 5) is 10.6. The maximum absolute atomic E-state index is 11.0. The van der Waals surface area contributed by atoms with Crippen LogP contribution in [0.4, 0.5) is 5.69 Å². The van der Waals surface area contributed by atoms with Gasteiger partial charge in [0.25, 0.3) is 5.69 Å². The molecule has 1 N–H and O–H groups in total. The summed E-state index contributed by atoms with van der Waals surface area (Å²) in [6, 6.07) is 5.25. The second-order valence-electron chi connectivity index (χ2n) is 5.24. The third-order valence-corrected chi connectivity index (χ3v) is 4.20. The standard InChI is InChI=1S/C14H19ClN2O2/c1-10(11-4-2-3-5-11)16-9-12-6-7-13(15)8-14(12)17(18)19/h6-8,10-11,16H,2-5,9H2,1H3. The lowest BCUT2D eigenvalue weighted by Gasteiger charge is -2.20. The third-order valence-electron chi connectivity index (χ3n) is 3.97. The summed E-state index contributed by atoms with van der Waals surface area (Å²) in [7, 11) is 0. The van der Waals surface area contributed by atoms with Gasteiger partial charge in [0.15, 0.2) is 0 Å². The molecule has 1 atom stereocenters. The van der Waals surface area contributed by atoms with E-state index in [2.05, 4.69) is 12.2 Å². The van der Waals surface area contributed by atoms with E-state index in [4.69, 9.17) is 11.6 Å². The lowest BCUT2D eigenvalue weighted by molar-refractivity contribution is -0.385. The molecule has 1 aliphatic carbocycles. The average Bonchev–Trinajstić information content (AvgIpc) is 2.90. The van der Waals surface area contributed by atoms with E-state index in [0.717, 1.165) is 0 Å². The van der Waals surface area contributed by atoms with Crippen LogP contribution >= 0.6 is 11.6 Å². The fourth-order valence-electron chi connectivity index (χ4n) is 2.75. The van der Waals surface area contributed by atoms with Crippen LogP contribution in [0.5, 0.6) is 0 Å². The van der Waals surface area contributed by atoms with Crippen LogP contribution < -0.4 is 5.32 Å². The van der Waals surface area contributed by atoms with Crippen molar-refractivity contribution in [2.24, 2.45) is 5.92 Å². The molecule has 1 fully saturated rings. The van der Waals surface area contributed by atoms with Crippen LogP contribution in [0.3, 0.4) is 0 Å². The molecule has 4 nitrogen and oxygen atoms in total. The lowest BCUT2D eigenvalue weighted by atomic mass is 9.99. The second-order valence-corrected chi connectivity index (χ2v) is 5.68. The summed E-state index contributed by atoms with van der Waals surface area (Å²) in [5.41, 5.74) is 0.790. The van der Waals surface area contributed by atoms with Crippen LogP contribution in [-0.4, -0.2) is 11.0 Å².